The number of pyridine rings is 1. The first-order valence-electron chi connectivity index (χ1n) is 9.19. The number of piperidine rings is 1. The summed E-state index contributed by atoms with van der Waals surface area (Å²) in [6.45, 7) is 7.16. The van der Waals surface area contributed by atoms with Crippen LogP contribution in [0.4, 0.5) is 11.4 Å². The van der Waals surface area contributed by atoms with Crippen molar-refractivity contribution in [1.82, 2.24) is 9.88 Å². The first-order valence-corrected chi connectivity index (χ1v) is 9.19. The van der Waals surface area contributed by atoms with Gasteiger partial charge in [-0.2, -0.15) is 0 Å². The van der Waals surface area contributed by atoms with E-state index < -0.39 is 0 Å². The van der Waals surface area contributed by atoms with Gasteiger partial charge in [-0.05, 0) is 74.9 Å². The number of aromatic nitrogens is 1. The summed E-state index contributed by atoms with van der Waals surface area (Å²) < 4.78 is 0. The van der Waals surface area contributed by atoms with E-state index in [-0.39, 0.29) is 5.91 Å². The van der Waals surface area contributed by atoms with Crippen LogP contribution in [0, 0.1) is 13.8 Å². The summed E-state index contributed by atoms with van der Waals surface area (Å²) >= 11 is 0. The Kier molecular flexibility index (Phi) is 5.37. The van der Waals surface area contributed by atoms with Gasteiger partial charge in [-0.1, -0.05) is 13.0 Å². The molecule has 1 aliphatic rings. The molecule has 2 aromatic rings. The minimum Gasteiger partial charge on any atom is -0.355 e. The molecule has 1 aromatic heterocycles. The molecular formula is C21H27N3O. The lowest BCUT2D eigenvalue weighted by molar-refractivity contribution is 0.0602. The highest BCUT2D eigenvalue weighted by Crippen LogP contribution is 2.23. The summed E-state index contributed by atoms with van der Waals surface area (Å²) in [7, 11) is 0. The Morgan fingerprint density at radius 3 is 2.64 bits per heavy atom. The van der Waals surface area contributed by atoms with Crippen molar-refractivity contribution < 1.29 is 4.79 Å². The summed E-state index contributed by atoms with van der Waals surface area (Å²) in [5.74, 6) is 0.0515. The Hall–Kier alpha value is -2.36. The largest absolute Gasteiger partial charge is 0.355 e. The van der Waals surface area contributed by atoms with Crippen LogP contribution in [0.2, 0.25) is 0 Å². The highest BCUT2D eigenvalue weighted by molar-refractivity contribution is 5.93. The van der Waals surface area contributed by atoms with Gasteiger partial charge in [0.15, 0.2) is 0 Å². The zero-order chi connectivity index (χ0) is 17.8. The van der Waals surface area contributed by atoms with Crippen LogP contribution in [0.3, 0.4) is 0 Å². The normalized spacial score (nSPS) is 17.4. The predicted molar refractivity (Wildman–Crippen MR) is 102 cm³/mol. The smallest absolute Gasteiger partial charge is 0.272 e. The number of benzene rings is 1. The van der Waals surface area contributed by atoms with E-state index in [4.69, 9.17) is 0 Å². The first kappa shape index (κ1) is 17.5. The highest BCUT2D eigenvalue weighted by atomic mass is 16.2. The summed E-state index contributed by atoms with van der Waals surface area (Å²) in [5.41, 5.74) is 4.88. The van der Waals surface area contributed by atoms with Gasteiger partial charge in [0.2, 0.25) is 0 Å². The van der Waals surface area contributed by atoms with E-state index in [0.717, 1.165) is 37.2 Å². The topological polar surface area (TPSA) is 45.2 Å². The van der Waals surface area contributed by atoms with Crippen LogP contribution in [0.15, 0.2) is 36.5 Å². The van der Waals surface area contributed by atoms with Gasteiger partial charge in [0.25, 0.3) is 5.91 Å². The van der Waals surface area contributed by atoms with Gasteiger partial charge in [-0.15, -0.1) is 0 Å². The van der Waals surface area contributed by atoms with Crippen molar-refractivity contribution in [2.75, 3.05) is 11.9 Å². The molecule has 1 saturated heterocycles. The van der Waals surface area contributed by atoms with Gasteiger partial charge in [0.1, 0.15) is 5.69 Å². The molecule has 4 heteroatoms. The van der Waals surface area contributed by atoms with Crippen LogP contribution in [0.25, 0.3) is 0 Å². The number of hydrogen-bond acceptors (Lipinski definition) is 3. The van der Waals surface area contributed by atoms with Crippen molar-refractivity contribution in [2.45, 2.75) is 52.5 Å². The molecule has 4 nitrogen and oxygen atoms in total. The van der Waals surface area contributed by atoms with Crippen LogP contribution in [0.5, 0.6) is 0 Å². The summed E-state index contributed by atoms with van der Waals surface area (Å²) in [5, 5.41) is 3.40. The predicted octanol–water partition coefficient (Wildman–Crippen LogP) is 4.85. The number of aryl methyl sites for hydroxylation is 2. The molecule has 0 saturated carbocycles. The molecule has 0 aliphatic carbocycles. The van der Waals surface area contributed by atoms with E-state index >= 15 is 0 Å². The number of amides is 1. The van der Waals surface area contributed by atoms with Gasteiger partial charge in [-0.25, -0.2) is 0 Å². The van der Waals surface area contributed by atoms with Crippen LogP contribution < -0.4 is 5.32 Å². The summed E-state index contributed by atoms with van der Waals surface area (Å²) in [4.78, 5) is 19.3. The third-order valence-corrected chi connectivity index (χ3v) is 4.85. The number of hydrogen-bond donors (Lipinski definition) is 1. The van der Waals surface area contributed by atoms with E-state index in [2.05, 4.69) is 49.3 Å². The maximum absolute atomic E-state index is 12.9. The third-order valence-electron chi connectivity index (χ3n) is 4.85. The van der Waals surface area contributed by atoms with Crippen LogP contribution in [-0.2, 0) is 0 Å². The maximum atomic E-state index is 12.9. The Bertz CT molecular complexity index is 736. The molecule has 25 heavy (non-hydrogen) atoms. The number of carbonyl (C=O) groups excluding carboxylic acids is 1. The van der Waals surface area contributed by atoms with Gasteiger partial charge in [0, 0.05) is 30.2 Å². The van der Waals surface area contributed by atoms with Gasteiger partial charge >= 0.3 is 0 Å². The molecule has 132 valence electrons. The fourth-order valence-electron chi connectivity index (χ4n) is 3.68. The minimum atomic E-state index is 0.0515. The number of nitrogens with zero attached hydrogens (tertiary/aromatic N) is 2. The fourth-order valence-corrected chi connectivity index (χ4v) is 3.68. The first-order chi connectivity index (χ1) is 12.1. The fraction of sp³-hybridized carbons (Fsp3) is 0.429. The molecule has 0 spiro atoms. The van der Waals surface area contributed by atoms with Crippen LogP contribution in [0.1, 0.15) is 54.2 Å². The second kappa shape index (κ2) is 7.68. The Labute approximate surface area is 150 Å². The van der Waals surface area contributed by atoms with Crippen molar-refractivity contribution in [1.29, 1.82) is 0 Å². The lowest BCUT2D eigenvalue weighted by Crippen LogP contribution is -2.43. The number of rotatable bonds is 4. The number of anilines is 2. The Balaban J connectivity index is 1.79. The quantitative estimate of drug-likeness (QED) is 0.867. The zero-order valence-corrected chi connectivity index (χ0v) is 15.4. The van der Waals surface area contributed by atoms with Crippen molar-refractivity contribution in [3.05, 3.63) is 53.3 Å². The van der Waals surface area contributed by atoms with Gasteiger partial charge < -0.3 is 10.2 Å². The Morgan fingerprint density at radius 1 is 1.16 bits per heavy atom. The van der Waals surface area contributed by atoms with Gasteiger partial charge in [0.05, 0.1) is 0 Å². The van der Waals surface area contributed by atoms with Crippen molar-refractivity contribution in [3.8, 4) is 0 Å². The van der Waals surface area contributed by atoms with E-state index in [0.29, 0.717) is 11.7 Å². The van der Waals surface area contributed by atoms with Crippen molar-refractivity contribution in [3.63, 3.8) is 0 Å². The van der Waals surface area contributed by atoms with Crippen molar-refractivity contribution in [2.24, 2.45) is 0 Å². The number of nitrogens with one attached hydrogen (secondary N) is 1. The second-order valence-electron chi connectivity index (χ2n) is 6.99. The molecule has 1 N–H and O–H groups in total. The van der Waals surface area contributed by atoms with Crippen LogP contribution >= 0.6 is 0 Å². The summed E-state index contributed by atoms with van der Waals surface area (Å²) in [6.07, 6.45) is 6.12. The lowest BCUT2D eigenvalue weighted by Gasteiger charge is -2.35. The maximum Gasteiger partial charge on any atom is 0.272 e. The van der Waals surface area contributed by atoms with E-state index in [1.807, 2.05) is 17.0 Å². The molecule has 3 rings (SSSR count). The molecule has 1 fully saturated rings. The highest BCUT2D eigenvalue weighted by Gasteiger charge is 2.26. The standard InChI is InChI=1S/C21H27N3O/c1-4-19-7-5-6-10-24(19)21(25)20-14-17(8-9-22-20)23-18-12-15(2)11-16(3)13-18/h8-9,11-14,19H,4-7,10H2,1-3H3,(H,22,23). The van der Waals surface area contributed by atoms with Crippen molar-refractivity contribution >= 4 is 17.3 Å². The molecule has 0 bridgehead atoms. The third kappa shape index (κ3) is 4.19. The molecular weight excluding hydrogens is 310 g/mol. The van der Waals surface area contributed by atoms with E-state index in [1.54, 1.807) is 6.20 Å². The molecule has 1 atom stereocenters. The lowest BCUT2D eigenvalue weighted by atomic mass is 9.99. The number of carbonyl (C=O) groups is 1. The van der Waals surface area contributed by atoms with E-state index in [9.17, 15) is 4.79 Å². The second-order valence-corrected chi connectivity index (χ2v) is 6.99. The molecule has 1 aliphatic heterocycles. The number of likely N-dealkylation sites (tertiary alicyclic amines) is 1. The summed E-state index contributed by atoms with van der Waals surface area (Å²) in [6, 6.07) is 10.5. The Morgan fingerprint density at radius 2 is 1.92 bits per heavy atom. The minimum absolute atomic E-state index is 0.0515. The molecule has 2 heterocycles. The molecule has 1 unspecified atom stereocenters. The SMILES string of the molecule is CCC1CCCCN1C(=O)c1cc(Nc2cc(C)cc(C)c2)ccn1. The average Bonchev–Trinajstić information content (AvgIpc) is 2.60. The molecule has 0 radical (unpaired) electrons. The van der Waals surface area contributed by atoms with E-state index in [1.165, 1.54) is 17.5 Å². The zero-order valence-electron chi connectivity index (χ0n) is 15.4. The van der Waals surface area contributed by atoms with Gasteiger partial charge in [-0.3, -0.25) is 9.78 Å². The monoisotopic (exact) mass is 337 g/mol. The van der Waals surface area contributed by atoms with Crippen LogP contribution in [-0.4, -0.2) is 28.4 Å². The molecule has 1 aromatic carbocycles. The molecule has 1 amide bonds. The average molecular weight is 337 g/mol.